The summed E-state index contributed by atoms with van der Waals surface area (Å²) in [4.78, 5) is 11.3. The first-order valence-electron chi connectivity index (χ1n) is 3.72. The number of anilines is 1. The SMILES string of the molecule is O=C1NB(O)Nc2ccc(Br)cc21. The number of rotatable bonds is 0. The summed E-state index contributed by atoms with van der Waals surface area (Å²) in [6.45, 7) is 0. The second kappa shape index (κ2) is 3.04. The lowest BCUT2D eigenvalue weighted by Gasteiger charge is -2.20. The van der Waals surface area contributed by atoms with Gasteiger partial charge in [0.2, 0.25) is 5.91 Å². The van der Waals surface area contributed by atoms with Crippen LogP contribution in [0, 0.1) is 0 Å². The minimum atomic E-state index is -0.999. The lowest BCUT2D eigenvalue weighted by molar-refractivity contribution is 0.0974. The molecule has 66 valence electrons. The van der Waals surface area contributed by atoms with Gasteiger partial charge in [0, 0.05) is 10.2 Å². The van der Waals surface area contributed by atoms with Gasteiger partial charge in [-0.2, -0.15) is 0 Å². The van der Waals surface area contributed by atoms with Gasteiger partial charge >= 0.3 is 7.19 Å². The van der Waals surface area contributed by atoms with Crippen LogP contribution >= 0.6 is 15.9 Å². The summed E-state index contributed by atoms with van der Waals surface area (Å²) in [6, 6.07) is 5.24. The molecule has 2 rings (SSSR count). The number of carbonyl (C=O) groups is 1. The smallest absolute Gasteiger partial charge is 0.414 e. The van der Waals surface area contributed by atoms with Crippen molar-refractivity contribution < 1.29 is 9.82 Å². The first-order valence-corrected chi connectivity index (χ1v) is 4.51. The van der Waals surface area contributed by atoms with Gasteiger partial charge in [0.25, 0.3) is 0 Å². The summed E-state index contributed by atoms with van der Waals surface area (Å²) in [7, 11) is -0.999. The fourth-order valence-corrected chi connectivity index (χ4v) is 1.58. The van der Waals surface area contributed by atoms with Gasteiger partial charge in [0.1, 0.15) is 0 Å². The van der Waals surface area contributed by atoms with Gasteiger partial charge in [0.05, 0.1) is 5.56 Å². The van der Waals surface area contributed by atoms with E-state index in [0.717, 1.165) is 4.47 Å². The lowest BCUT2D eigenvalue weighted by atomic mass is 9.94. The Hall–Kier alpha value is -1.01. The zero-order valence-electron chi connectivity index (χ0n) is 6.54. The maximum Gasteiger partial charge on any atom is 0.542 e. The number of amides is 1. The minimum absolute atomic E-state index is 0.275. The monoisotopic (exact) mass is 240 g/mol. The third-order valence-electron chi connectivity index (χ3n) is 1.79. The largest absolute Gasteiger partial charge is 0.542 e. The van der Waals surface area contributed by atoms with Crippen molar-refractivity contribution >= 4 is 34.7 Å². The molecule has 13 heavy (non-hydrogen) atoms. The maximum atomic E-state index is 11.3. The number of nitrogens with one attached hydrogen (secondary N) is 2. The standard InChI is InChI=1S/C7H6BBrN2O2/c9-4-1-2-6-5(3-4)7(12)11-8(13)10-6/h1-3,10,13H,(H,11,12). The first-order chi connectivity index (χ1) is 6.16. The number of fused-ring (bicyclic) bond motifs is 1. The minimum Gasteiger partial charge on any atom is -0.414 e. The molecule has 1 aromatic rings. The Kier molecular flexibility index (Phi) is 2.01. The topological polar surface area (TPSA) is 61.4 Å². The Bertz CT molecular complexity index is 372. The summed E-state index contributed by atoms with van der Waals surface area (Å²) < 4.78 is 0.833. The van der Waals surface area contributed by atoms with Crippen LogP contribution < -0.4 is 10.5 Å². The molecule has 0 aromatic heterocycles. The molecule has 1 aliphatic heterocycles. The number of benzene rings is 1. The quantitative estimate of drug-likeness (QED) is 0.582. The molecule has 6 heteroatoms. The molecule has 0 bridgehead atoms. The van der Waals surface area contributed by atoms with Gasteiger partial charge in [0.15, 0.2) is 0 Å². The van der Waals surface area contributed by atoms with Gasteiger partial charge in [-0.05, 0) is 18.2 Å². The van der Waals surface area contributed by atoms with Crippen molar-refractivity contribution in [3.8, 4) is 0 Å². The fourth-order valence-electron chi connectivity index (χ4n) is 1.22. The Morgan fingerprint density at radius 3 is 2.92 bits per heavy atom. The molecule has 0 aliphatic carbocycles. The van der Waals surface area contributed by atoms with E-state index in [9.17, 15) is 4.79 Å². The van der Waals surface area contributed by atoms with E-state index in [1.165, 1.54) is 0 Å². The Balaban J connectivity index is 2.49. The second-order valence-corrected chi connectivity index (χ2v) is 3.63. The van der Waals surface area contributed by atoms with Crippen LogP contribution in [0.1, 0.15) is 10.4 Å². The van der Waals surface area contributed by atoms with Crippen molar-refractivity contribution in [3.05, 3.63) is 28.2 Å². The molecule has 0 fully saturated rings. The van der Waals surface area contributed by atoms with E-state index in [1.807, 2.05) is 0 Å². The van der Waals surface area contributed by atoms with E-state index in [4.69, 9.17) is 5.02 Å². The molecule has 0 radical (unpaired) electrons. The predicted molar refractivity (Wildman–Crippen MR) is 53.2 cm³/mol. The van der Waals surface area contributed by atoms with Crippen molar-refractivity contribution in [2.75, 3.05) is 5.23 Å². The van der Waals surface area contributed by atoms with Gasteiger partial charge in [-0.15, -0.1) is 0 Å². The highest BCUT2D eigenvalue weighted by Crippen LogP contribution is 2.22. The molecule has 0 saturated heterocycles. The molecule has 0 unspecified atom stereocenters. The van der Waals surface area contributed by atoms with Gasteiger partial charge in [-0.25, -0.2) is 0 Å². The predicted octanol–water partition coefficient (Wildman–Crippen LogP) is 0.582. The highest BCUT2D eigenvalue weighted by Gasteiger charge is 2.26. The lowest BCUT2D eigenvalue weighted by Crippen LogP contribution is -2.49. The molecule has 0 saturated carbocycles. The number of hydrogen-bond acceptors (Lipinski definition) is 3. The summed E-state index contributed by atoms with van der Waals surface area (Å²) in [5.41, 5.74) is 1.17. The van der Waals surface area contributed by atoms with Crippen molar-refractivity contribution in [2.45, 2.75) is 0 Å². The Labute approximate surface area is 83.6 Å². The highest BCUT2D eigenvalue weighted by atomic mass is 79.9. The van der Waals surface area contributed by atoms with E-state index in [1.54, 1.807) is 18.2 Å². The normalized spacial score (nSPS) is 14.6. The molecule has 4 nitrogen and oxygen atoms in total. The second-order valence-electron chi connectivity index (χ2n) is 2.71. The average molecular weight is 241 g/mol. The van der Waals surface area contributed by atoms with Gasteiger partial charge in [-0.1, -0.05) is 15.9 Å². The third kappa shape index (κ3) is 1.55. The van der Waals surface area contributed by atoms with Crippen LogP contribution in [0.5, 0.6) is 0 Å². The third-order valence-corrected chi connectivity index (χ3v) is 2.28. The molecule has 1 heterocycles. The highest BCUT2D eigenvalue weighted by molar-refractivity contribution is 9.10. The van der Waals surface area contributed by atoms with E-state index in [0.29, 0.717) is 11.3 Å². The average Bonchev–Trinajstić information content (AvgIpc) is 2.06. The fraction of sp³-hybridized carbons (Fsp3) is 0. The van der Waals surface area contributed by atoms with E-state index < -0.39 is 7.19 Å². The number of halogens is 1. The zero-order valence-corrected chi connectivity index (χ0v) is 8.13. The van der Waals surface area contributed by atoms with Crippen LogP contribution in [-0.4, -0.2) is 18.1 Å². The molecule has 0 spiro atoms. The van der Waals surface area contributed by atoms with Crippen molar-refractivity contribution in [2.24, 2.45) is 0 Å². The van der Waals surface area contributed by atoms with E-state index in [-0.39, 0.29) is 5.91 Å². The summed E-state index contributed by atoms with van der Waals surface area (Å²) in [5.74, 6) is -0.275. The summed E-state index contributed by atoms with van der Waals surface area (Å²) in [5, 5.41) is 14.2. The molecule has 0 atom stereocenters. The van der Waals surface area contributed by atoms with Gasteiger partial charge in [-0.3, -0.25) is 4.79 Å². The molecule has 1 aliphatic rings. The first kappa shape index (κ1) is 8.59. The molecule has 1 amide bonds. The van der Waals surface area contributed by atoms with Crippen LogP contribution in [-0.2, 0) is 0 Å². The van der Waals surface area contributed by atoms with Crippen LogP contribution in [0.4, 0.5) is 5.69 Å². The molecular formula is C7H6BBrN2O2. The summed E-state index contributed by atoms with van der Waals surface area (Å²) in [6.07, 6.45) is 0. The molecular weight excluding hydrogens is 235 g/mol. The number of carbonyl (C=O) groups excluding carboxylic acids is 1. The molecule has 3 N–H and O–H groups in total. The summed E-state index contributed by atoms with van der Waals surface area (Å²) >= 11 is 3.26. The van der Waals surface area contributed by atoms with Crippen molar-refractivity contribution in [1.29, 1.82) is 0 Å². The van der Waals surface area contributed by atoms with Crippen molar-refractivity contribution in [1.82, 2.24) is 5.23 Å². The van der Waals surface area contributed by atoms with Crippen molar-refractivity contribution in [3.63, 3.8) is 0 Å². The van der Waals surface area contributed by atoms with Crippen LogP contribution in [0.2, 0.25) is 0 Å². The number of hydrogen-bond donors (Lipinski definition) is 3. The van der Waals surface area contributed by atoms with Crippen LogP contribution in [0.3, 0.4) is 0 Å². The van der Waals surface area contributed by atoms with E-state index >= 15 is 0 Å². The van der Waals surface area contributed by atoms with E-state index in [2.05, 4.69) is 26.4 Å². The van der Waals surface area contributed by atoms with Crippen LogP contribution in [0.25, 0.3) is 0 Å². The Morgan fingerprint density at radius 1 is 1.38 bits per heavy atom. The zero-order chi connectivity index (χ0) is 9.42. The Morgan fingerprint density at radius 2 is 2.15 bits per heavy atom. The van der Waals surface area contributed by atoms with Crippen LogP contribution in [0.15, 0.2) is 22.7 Å². The molecule has 1 aromatic carbocycles. The maximum absolute atomic E-state index is 11.3. The van der Waals surface area contributed by atoms with Gasteiger partial charge < -0.3 is 15.5 Å².